The Hall–Kier alpha value is -1.05. The summed E-state index contributed by atoms with van der Waals surface area (Å²) in [6, 6.07) is 0.966. The molecule has 1 rings (SSSR count). The molecule has 0 unspecified atom stereocenters. The number of hydrogen-bond donors (Lipinski definition) is 1. The molecule has 0 amide bonds. The third-order valence-electron chi connectivity index (χ3n) is 1.22. The van der Waals surface area contributed by atoms with E-state index in [-0.39, 0.29) is 6.07 Å². The van der Waals surface area contributed by atoms with E-state index in [0.29, 0.717) is 0 Å². The number of halogens is 5. The molecule has 1 heterocycles. The third-order valence-corrected chi connectivity index (χ3v) is 2.39. The first-order chi connectivity index (χ1) is 5.50. The summed E-state index contributed by atoms with van der Waals surface area (Å²) in [6.07, 6.45) is 0.905. The number of nitrogens with two attached hydrogens (primary N) is 1. The highest BCUT2D eigenvalue weighted by molar-refractivity contribution is 8.45. The van der Waals surface area contributed by atoms with Gasteiger partial charge in [0.25, 0.3) is 0 Å². The molecule has 8 heteroatoms. The van der Waals surface area contributed by atoms with Gasteiger partial charge >= 0.3 is 10.2 Å². The Morgan fingerprint density at radius 2 is 1.69 bits per heavy atom. The van der Waals surface area contributed by atoms with Gasteiger partial charge in [0.2, 0.25) is 0 Å². The van der Waals surface area contributed by atoms with Gasteiger partial charge in [0, 0.05) is 6.20 Å². The van der Waals surface area contributed by atoms with Crippen molar-refractivity contribution in [3.63, 3.8) is 0 Å². The number of nitrogen functional groups attached to an aromatic ring is 1. The first-order valence-electron chi connectivity index (χ1n) is 2.95. The Kier molecular flexibility index (Phi) is 1.46. The summed E-state index contributed by atoms with van der Waals surface area (Å²) >= 11 is 0. The van der Waals surface area contributed by atoms with Crippen molar-refractivity contribution in [2.24, 2.45) is 0 Å². The molecule has 0 aliphatic rings. The van der Waals surface area contributed by atoms with Gasteiger partial charge in [-0.05, 0) is 12.1 Å². The fourth-order valence-corrected chi connectivity index (χ4v) is 1.51. The number of aromatic nitrogens is 1. The summed E-state index contributed by atoms with van der Waals surface area (Å²) in [5.74, 6) is -1.21. The van der Waals surface area contributed by atoms with Crippen molar-refractivity contribution in [1.82, 2.24) is 4.98 Å². The lowest BCUT2D eigenvalue weighted by Crippen LogP contribution is -2.09. The molecule has 0 fully saturated rings. The molecule has 0 spiro atoms. The lowest BCUT2D eigenvalue weighted by molar-refractivity contribution is 0.364. The Morgan fingerprint density at radius 3 is 2.00 bits per heavy atom. The first kappa shape index (κ1) is 10.0. The van der Waals surface area contributed by atoms with Gasteiger partial charge in [-0.2, -0.15) is 0 Å². The standard InChI is InChI=1S/C5H5F5N2S/c6-13(7,8,9,10)4-2-1-3-12-5(4)11/h1-3H,(H2,11,12). The van der Waals surface area contributed by atoms with Crippen LogP contribution in [0.3, 0.4) is 0 Å². The molecule has 76 valence electrons. The maximum atomic E-state index is 12.1. The highest BCUT2D eigenvalue weighted by atomic mass is 32.5. The van der Waals surface area contributed by atoms with Gasteiger partial charge in [-0.25, -0.2) is 4.98 Å². The van der Waals surface area contributed by atoms with Crippen molar-refractivity contribution in [3.05, 3.63) is 18.3 Å². The van der Waals surface area contributed by atoms with Crippen LogP contribution >= 0.6 is 10.2 Å². The Balaban J connectivity index is 3.50. The average Bonchev–Trinajstić information content (AvgIpc) is 1.82. The molecule has 0 bridgehead atoms. The molecular formula is C5H5F5N2S. The summed E-state index contributed by atoms with van der Waals surface area (Å²) in [4.78, 5) is 0.807. The molecular weight excluding hydrogens is 215 g/mol. The maximum Gasteiger partial charge on any atom is 0.313 e. The number of nitrogens with zero attached hydrogens (tertiary/aromatic N) is 1. The summed E-state index contributed by atoms with van der Waals surface area (Å²) in [7, 11) is -9.66. The summed E-state index contributed by atoms with van der Waals surface area (Å²) in [5.41, 5.74) is 4.70. The fraction of sp³-hybridized carbons (Fsp3) is 0. The molecule has 0 atom stereocenters. The normalized spacial score (nSPS) is 17.6. The van der Waals surface area contributed by atoms with Crippen molar-refractivity contribution >= 4 is 16.0 Å². The zero-order valence-corrected chi connectivity index (χ0v) is 6.87. The van der Waals surface area contributed by atoms with Crippen molar-refractivity contribution in [2.75, 3.05) is 5.73 Å². The molecule has 13 heavy (non-hydrogen) atoms. The predicted molar refractivity (Wildman–Crippen MR) is 40.0 cm³/mol. The topological polar surface area (TPSA) is 38.9 Å². The molecule has 1 aromatic heterocycles. The minimum absolute atomic E-state index is 0.212. The van der Waals surface area contributed by atoms with Gasteiger partial charge in [0.15, 0.2) is 0 Å². The summed E-state index contributed by atoms with van der Waals surface area (Å²) in [5, 5.41) is 0. The van der Waals surface area contributed by atoms with Gasteiger partial charge in [-0.1, -0.05) is 19.4 Å². The zero-order chi connectivity index (χ0) is 10.4. The second-order valence-corrected chi connectivity index (χ2v) is 4.73. The summed E-state index contributed by atoms with van der Waals surface area (Å²) < 4.78 is 60.4. The van der Waals surface area contributed by atoms with Crippen LogP contribution < -0.4 is 5.73 Å². The minimum atomic E-state index is -9.66. The third kappa shape index (κ3) is 2.20. The predicted octanol–water partition coefficient (Wildman–Crippen LogP) is 3.32. The van der Waals surface area contributed by atoms with Crippen molar-refractivity contribution in [3.8, 4) is 0 Å². The van der Waals surface area contributed by atoms with E-state index in [9.17, 15) is 19.4 Å². The summed E-state index contributed by atoms with van der Waals surface area (Å²) in [6.45, 7) is 0. The van der Waals surface area contributed by atoms with Crippen molar-refractivity contribution in [1.29, 1.82) is 0 Å². The highest BCUT2D eigenvalue weighted by Gasteiger charge is 2.66. The van der Waals surface area contributed by atoms with Crippen molar-refractivity contribution in [2.45, 2.75) is 4.90 Å². The van der Waals surface area contributed by atoms with E-state index in [1.807, 2.05) is 0 Å². The van der Waals surface area contributed by atoms with Crippen LogP contribution in [-0.2, 0) is 0 Å². The van der Waals surface area contributed by atoms with Gasteiger partial charge in [0.05, 0.1) is 0 Å². The highest BCUT2D eigenvalue weighted by Crippen LogP contribution is 3.02. The average molecular weight is 220 g/mol. The van der Waals surface area contributed by atoms with Crippen LogP contribution in [-0.4, -0.2) is 4.98 Å². The molecule has 0 aromatic carbocycles. The molecule has 0 aliphatic heterocycles. The smallest absolute Gasteiger partial charge is 0.313 e. The van der Waals surface area contributed by atoms with Crippen LogP contribution in [0.1, 0.15) is 0 Å². The van der Waals surface area contributed by atoms with Gasteiger partial charge in [-0.15, -0.1) is 0 Å². The van der Waals surface area contributed by atoms with Crippen LogP contribution in [0.15, 0.2) is 23.2 Å². The Labute approximate surface area is 70.3 Å². The molecule has 2 nitrogen and oxygen atoms in total. The lowest BCUT2D eigenvalue weighted by atomic mass is 10.5. The monoisotopic (exact) mass is 220 g/mol. The second kappa shape index (κ2) is 1.89. The van der Waals surface area contributed by atoms with E-state index in [1.165, 1.54) is 0 Å². The lowest BCUT2D eigenvalue weighted by Gasteiger charge is -2.40. The van der Waals surface area contributed by atoms with E-state index >= 15 is 0 Å². The molecule has 0 saturated carbocycles. The Bertz CT molecular complexity index is 344. The quantitative estimate of drug-likeness (QED) is 0.737. The van der Waals surface area contributed by atoms with Crippen LogP contribution in [0.25, 0.3) is 0 Å². The van der Waals surface area contributed by atoms with Crippen LogP contribution in [0, 0.1) is 0 Å². The van der Waals surface area contributed by atoms with E-state index in [1.54, 1.807) is 0 Å². The van der Waals surface area contributed by atoms with E-state index < -0.39 is 20.9 Å². The van der Waals surface area contributed by atoms with E-state index in [4.69, 9.17) is 5.73 Å². The number of hydrogen-bond acceptors (Lipinski definition) is 2. The first-order valence-corrected chi connectivity index (χ1v) is 4.90. The zero-order valence-electron chi connectivity index (χ0n) is 6.05. The van der Waals surface area contributed by atoms with Gasteiger partial charge < -0.3 is 5.73 Å². The molecule has 1 aromatic rings. The number of rotatable bonds is 1. The minimum Gasteiger partial charge on any atom is -0.382 e. The molecule has 2 N–H and O–H groups in total. The number of pyridine rings is 1. The largest absolute Gasteiger partial charge is 0.382 e. The van der Waals surface area contributed by atoms with Gasteiger partial charge in [-0.3, -0.25) is 0 Å². The number of anilines is 1. The van der Waals surface area contributed by atoms with Gasteiger partial charge in [0.1, 0.15) is 10.7 Å². The SMILES string of the molecule is Nc1ncccc1S(F)(F)(F)(F)F. The maximum absolute atomic E-state index is 12.1. The molecule has 0 radical (unpaired) electrons. The molecule has 0 aliphatic carbocycles. The molecule has 0 saturated heterocycles. The Morgan fingerprint density at radius 1 is 1.15 bits per heavy atom. The van der Waals surface area contributed by atoms with E-state index in [0.717, 1.165) is 12.3 Å². The van der Waals surface area contributed by atoms with Crippen LogP contribution in [0.4, 0.5) is 25.2 Å². The van der Waals surface area contributed by atoms with E-state index in [2.05, 4.69) is 4.98 Å². The van der Waals surface area contributed by atoms with Crippen LogP contribution in [0.5, 0.6) is 0 Å². The van der Waals surface area contributed by atoms with Crippen molar-refractivity contribution < 1.29 is 19.4 Å². The fourth-order valence-electron chi connectivity index (χ4n) is 0.729. The van der Waals surface area contributed by atoms with Crippen LogP contribution in [0.2, 0.25) is 0 Å². The second-order valence-electron chi connectivity index (χ2n) is 2.36.